The van der Waals surface area contributed by atoms with Crippen LogP contribution < -0.4 is 4.74 Å². The average molecular weight is 381 g/mol. The molecule has 150 valence electrons. The number of benzene rings is 1. The zero-order valence-electron chi connectivity index (χ0n) is 17.3. The second-order valence-electron chi connectivity index (χ2n) is 8.76. The van der Waals surface area contributed by atoms with Crippen LogP contribution in [0.25, 0.3) is 0 Å². The van der Waals surface area contributed by atoms with Gasteiger partial charge in [-0.3, -0.25) is 14.5 Å². The molecule has 3 atom stereocenters. The zero-order chi connectivity index (χ0) is 19.3. The van der Waals surface area contributed by atoms with Crippen molar-refractivity contribution in [3.05, 3.63) is 47.3 Å². The minimum Gasteiger partial charge on any atom is -0.497 e. The maximum Gasteiger partial charge on any atom is 0.118 e. The number of ether oxygens (including phenoxy) is 1. The van der Waals surface area contributed by atoms with E-state index in [2.05, 4.69) is 63.9 Å². The summed E-state index contributed by atoms with van der Waals surface area (Å²) in [6, 6.07) is 10.2. The SMILES string of the molecule is CCn1cc(CN2C[C@H](c3ccc(OC)cc3)[C@H]3[C@@H]2C2CCN3CC2)c(C)n1. The van der Waals surface area contributed by atoms with Crippen LogP contribution in [0.4, 0.5) is 0 Å². The molecule has 2 aromatic rings. The van der Waals surface area contributed by atoms with Gasteiger partial charge in [0.1, 0.15) is 5.75 Å². The van der Waals surface area contributed by atoms with Gasteiger partial charge in [0.2, 0.25) is 0 Å². The van der Waals surface area contributed by atoms with Crippen LogP contribution >= 0.6 is 0 Å². The number of likely N-dealkylation sites (tertiary alicyclic amines) is 1. The average Bonchev–Trinajstić information content (AvgIpc) is 3.31. The van der Waals surface area contributed by atoms with E-state index in [4.69, 9.17) is 4.74 Å². The molecule has 6 rings (SSSR count). The molecule has 0 radical (unpaired) electrons. The highest BCUT2D eigenvalue weighted by Crippen LogP contribution is 2.47. The zero-order valence-corrected chi connectivity index (χ0v) is 17.3. The van der Waals surface area contributed by atoms with Crippen molar-refractivity contribution < 1.29 is 4.74 Å². The summed E-state index contributed by atoms with van der Waals surface area (Å²) in [4.78, 5) is 5.56. The molecule has 5 heterocycles. The lowest BCUT2D eigenvalue weighted by atomic mass is 9.75. The maximum atomic E-state index is 5.38. The number of piperidine rings is 3. The fourth-order valence-electron chi connectivity index (χ4n) is 5.96. The Morgan fingerprint density at radius 1 is 1.11 bits per heavy atom. The van der Waals surface area contributed by atoms with Crippen LogP contribution in [0.2, 0.25) is 0 Å². The topological polar surface area (TPSA) is 33.5 Å². The molecule has 0 aliphatic carbocycles. The largest absolute Gasteiger partial charge is 0.497 e. The summed E-state index contributed by atoms with van der Waals surface area (Å²) in [6.07, 6.45) is 4.98. The van der Waals surface area contributed by atoms with E-state index in [1.807, 2.05) is 0 Å². The highest BCUT2D eigenvalue weighted by atomic mass is 16.5. The summed E-state index contributed by atoms with van der Waals surface area (Å²) < 4.78 is 7.46. The minimum absolute atomic E-state index is 0.584. The van der Waals surface area contributed by atoms with Gasteiger partial charge in [-0.1, -0.05) is 12.1 Å². The van der Waals surface area contributed by atoms with Crippen LogP contribution in [-0.4, -0.2) is 58.4 Å². The van der Waals surface area contributed by atoms with Crippen molar-refractivity contribution >= 4 is 0 Å². The third-order valence-electron chi connectivity index (χ3n) is 7.38. The van der Waals surface area contributed by atoms with E-state index in [0.29, 0.717) is 18.0 Å². The highest BCUT2D eigenvalue weighted by molar-refractivity contribution is 5.33. The van der Waals surface area contributed by atoms with Crippen molar-refractivity contribution in [2.24, 2.45) is 5.92 Å². The predicted molar refractivity (Wildman–Crippen MR) is 111 cm³/mol. The number of aromatic nitrogens is 2. The molecule has 1 aromatic heterocycles. The molecule has 4 fully saturated rings. The summed E-state index contributed by atoms with van der Waals surface area (Å²) >= 11 is 0. The number of rotatable bonds is 5. The number of nitrogens with zero attached hydrogens (tertiary/aromatic N) is 4. The van der Waals surface area contributed by atoms with Gasteiger partial charge in [-0.25, -0.2) is 0 Å². The molecule has 0 unspecified atom stereocenters. The van der Waals surface area contributed by atoms with E-state index in [9.17, 15) is 0 Å². The van der Waals surface area contributed by atoms with Crippen molar-refractivity contribution in [1.29, 1.82) is 0 Å². The lowest BCUT2D eigenvalue weighted by Crippen LogP contribution is -2.59. The van der Waals surface area contributed by atoms with Crippen molar-refractivity contribution in [3.63, 3.8) is 0 Å². The van der Waals surface area contributed by atoms with Gasteiger partial charge in [-0.05, 0) is 63.4 Å². The number of aryl methyl sites for hydroxylation is 2. The van der Waals surface area contributed by atoms with Gasteiger partial charge in [-0.15, -0.1) is 0 Å². The minimum atomic E-state index is 0.584. The summed E-state index contributed by atoms with van der Waals surface area (Å²) in [6.45, 7) is 9.99. The second kappa shape index (κ2) is 7.20. The van der Waals surface area contributed by atoms with Gasteiger partial charge in [0.05, 0.1) is 12.8 Å². The maximum absolute atomic E-state index is 5.38. The van der Waals surface area contributed by atoms with Crippen LogP contribution in [0.1, 0.15) is 42.5 Å². The first kappa shape index (κ1) is 18.2. The van der Waals surface area contributed by atoms with Gasteiger partial charge in [-0.2, -0.15) is 5.10 Å². The molecule has 0 spiro atoms. The lowest BCUT2D eigenvalue weighted by Gasteiger charge is -2.51. The Morgan fingerprint density at radius 2 is 1.86 bits per heavy atom. The summed E-state index contributed by atoms with van der Waals surface area (Å²) in [5, 5.41) is 4.69. The molecule has 0 amide bonds. The molecule has 0 saturated carbocycles. The smallest absolute Gasteiger partial charge is 0.118 e. The van der Waals surface area contributed by atoms with Gasteiger partial charge in [0.25, 0.3) is 0 Å². The van der Waals surface area contributed by atoms with Gasteiger partial charge < -0.3 is 4.74 Å². The van der Waals surface area contributed by atoms with Crippen LogP contribution in [0.3, 0.4) is 0 Å². The second-order valence-corrected chi connectivity index (χ2v) is 8.76. The van der Waals surface area contributed by atoms with Gasteiger partial charge in [0, 0.05) is 49.4 Å². The van der Waals surface area contributed by atoms with Gasteiger partial charge >= 0.3 is 0 Å². The Kier molecular flexibility index (Phi) is 4.68. The number of fused-ring (bicyclic) bond motifs is 2. The van der Waals surface area contributed by atoms with Crippen LogP contribution in [-0.2, 0) is 13.1 Å². The first-order chi connectivity index (χ1) is 13.7. The quantitative estimate of drug-likeness (QED) is 0.797. The Bertz CT molecular complexity index is 822. The van der Waals surface area contributed by atoms with Gasteiger partial charge in [0.15, 0.2) is 0 Å². The molecule has 5 nitrogen and oxygen atoms in total. The summed E-state index contributed by atoms with van der Waals surface area (Å²) in [5.41, 5.74) is 4.05. The van der Waals surface area contributed by atoms with E-state index >= 15 is 0 Å². The Balaban J connectivity index is 1.45. The molecular formula is C23H32N4O. The van der Waals surface area contributed by atoms with E-state index in [-0.39, 0.29) is 0 Å². The molecule has 4 aliphatic heterocycles. The molecule has 0 N–H and O–H groups in total. The molecular weight excluding hydrogens is 348 g/mol. The molecule has 28 heavy (non-hydrogen) atoms. The Labute approximate surface area is 168 Å². The third-order valence-corrected chi connectivity index (χ3v) is 7.38. The van der Waals surface area contributed by atoms with Crippen molar-refractivity contribution in [2.45, 2.75) is 57.8 Å². The molecule has 2 bridgehead atoms. The molecule has 4 aliphatic rings. The molecule has 4 saturated heterocycles. The van der Waals surface area contributed by atoms with E-state index in [1.54, 1.807) is 7.11 Å². The van der Waals surface area contributed by atoms with Crippen molar-refractivity contribution in [2.75, 3.05) is 26.7 Å². The number of hydrogen-bond acceptors (Lipinski definition) is 4. The van der Waals surface area contributed by atoms with Crippen molar-refractivity contribution in [3.8, 4) is 5.75 Å². The first-order valence-electron chi connectivity index (χ1n) is 10.8. The first-order valence-corrected chi connectivity index (χ1v) is 10.8. The lowest BCUT2D eigenvalue weighted by molar-refractivity contribution is -0.00873. The molecule has 5 heteroatoms. The number of hydrogen-bond donors (Lipinski definition) is 0. The van der Waals surface area contributed by atoms with E-state index in [0.717, 1.165) is 31.3 Å². The Hall–Kier alpha value is -1.85. The monoisotopic (exact) mass is 380 g/mol. The fraction of sp³-hybridized carbons (Fsp3) is 0.609. The Morgan fingerprint density at radius 3 is 2.50 bits per heavy atom. The third kappa shape index (κ3) is 2.96. The summed E-state index contributed by atoms with van der Waals surface area (Å²) in [7, 11) is 1.74. The van der Waals surface area contributed by atoms with E-state index < -0.39 is 0 Å². The van der Waals surface area contributed by atoms with Crippen molar-refractivity contribution in [1.82, 2.24) is 19.6 Å². The van der Waals surface area contributed by atoms with Crippen LogP contribution in [0.15, 0.2) is 30.5 Å². The van der Waals surface area contributed by atoms with E-state index in [1.165, 1.54) is 42.8 Å². The standard InChI is InChI=1S/C23H32N4O/c1-4-27-14-19(16(2)24-27)13-26-15-21(17-5-7-20(28-3)8-6-17)23-22(26)18-9-11-25(23)12-10-18/h5-8,14,18,21-23H,4,9-13,15H2,1-3H3/t21-,22+,23+/m1/s1. The highest BCUT2D eigenvalue weighted by Gasteiger charge is 2.53. The van der Waals surface area contributed by atoms with Crippen LogP contribution in [0, 0.1) is 12.8 Å². The number of methoxy groups -OCH3 is 1. The fourth-order valence-corrected chi connectivity index (χ4v) is 5.96. The molecule has 1 aromatic carbocycles. The summed E-state index contributed by atoms with van der Waals surface area (Å²) in [5.74, 6) is 2.38. The normalized spacial score (nSPS) is 31.9. The predicted octanol–water partition coefficient (Wildman–Crippen LogP) is 3.28. The van der Waals surface area contributed by atoms with Crippen LogP contribution in [0.5, 0.6) is 5.75 Å².